The maximum Gasteiger partial charge on any atom is 0.133 e. The lowest BCUT2D eigenvalue weighted by molar-refractivity contribution is 0.411. The van der Waals surface area contributed by atoms with E-state index in [1.54, 1.807) is 0 Å². The molecule has 6 heteroatoms. The lowest BCUT2D eigenvalue weighted by atomic mass is 9.99. The number of nitrogens with zero attached hydrogens (tertiary/aromatic N) is 1. The number of rotatable bonds is 4. The van der Waals surface area contributed by atoms with E-state index in [0.717, 1.165) is 17.0 Å². The number of thiophene rings is 3. The van der Waals surface area contributed by atoms with Crippen LogP contribution in [-0.2, 0) is 0 Å². The van der Waals surface area contributed by atoms with E-state index in [4.69, 9.17) is 4.99 Å². The van der Waals surface area contributed by atoms with Crippen LogP contribution in [-0.4, -0.2) is 5.84 Å². The van der Waals surface area contributed by atoms with Crippen molar-refractivity contribution in [2.75, 3.05) is 0 Å². The van der Waals surface area contributed by atoms with Crippen molar-refractivity contribution in [1.82, 2.24) is 10.6 Å². The van der Waals surface area contributed by atoms with Crippen molar-refractivity contribution in [3.8, 4) is 11.1 Å². The van der Waals surface area contributed by atoms with Crippen molar-refractivity contribution in [1.29, 1.82) is 0 Å². The molecule has 3 aromatic heterocycles. The summed E-state index contributed by atoms with van der Waals surface area (Å²) in [5.74, 6) is 0.912. The predicted octanol–water partition coefficient (Wildman–Crippen LogP) is 12.8. The first-order chi connectivity index (χ1) is 25.3. The Hall–Kier alpha value is -5.37. The van der Waals surface area contributed by atoms with Gasteiger partial charge in [-0.05, 0) is 35.4 Å². The lowest BCUT2D eigenvalue weighted by Crippen LogP contribution is -2.45. The van der Waals surface area contributed by atoms with E-state index in [1.165, 1.54) is 77.2 Å². The van der Waals surface area contributed by atoms with Gasteiger partial charge in [-0.2, -0.15) is 0 Å². The zero-order valence-electron chi connectivity index (χ0n) is 27.3. The van der Waals surface area contributed by atoms with Gasteiger partial charge in [0.15, 0.2) is 0 Å². The van der Waals surface area contributed by atoms with Gasteiger partial charge in [-0.25, -0.2) is 4.99 Å². The van der Waals surface area contributed by atoms with Gasteiger partial charge in [-0.1, -0.05) is 127 Å². The molecule has 3 nitrogen and oxygen atoms in total. The van der Waals surface area contributed by atoms with Gasteiger partial charge in [0.2, 0.25) is 0 Å². The molecule has 2 N–H and O–H groups in total. The summed E-state index contributed by atoms with van der Waals surface area (Å²) in [4.78, 5) is 5.40. The summed E-state index contributed by atoms with van der Waals surface area (Å²) in [6.07, 6.45) is -0.353. The number of benzene rings is 7. The maximum absolute atomic E-state index is 5.40. The van der Waals surface area contributed by atoms with Gasteiger partial charge in [0.25, 0.3) is 0 Å². The van der Waals surface area contributed by atoms with Crippen LogP contribution < -0.4 is 10.6 Å². The Bertz CT molecular complexity index is 3000. The fraction of sp³-hybridized carbons (Fsp3) is 0.0444. The van der Waals surface area contributed by atoms with Crippen LogP contribution in [0.2, 0.25) is 0 Å². The third-order valence-corrected chi connectivity index (χ3v) is 13.8. The van der Waals surface area contributed by atoms with E-state index in [-0.39, 0.29) is 12.3 Å². The molecule has 1 aliphatic heterocycles. The third-order valence-electron chi connectivity index (χ3n) is 10.2. The summed E-state index contributed by atoms with van der Waals surface area (Å²) < 4.78 is 7.84. The summed E-state index contributed by atoms with van der Waals surface area (Å²) in [7, 11) is 0. The zero-order chi connectivity index (χ0) is 33.5. The minimum Gasteiger partial charge on any atom is -0.350 e. The largest absolute Gasteiger partial charge is 0.350 e. The number of aliphatic imine (C=N–C) groups is 1. The van der Waals surface area contributed by atoms with Crippen molar-refractivity contribution in [3.63, 3.8) is 0 Å². The zero-order valence-corrected chi connectivity index (χ0v) is 29.7. The SMILES string of the molecule is c1ccc(C2N=C(c3cccc4c3sc3c(-c5cccc6c5sc5ccccc56)cccc34)NC(c3cccc4sc5ccccc5c34)N2)cc1. The molecule has 0 radical (unpaired) electrons. The van der Waals surface area contributed by atoms with Crippen LogP contribution in [0.15, 0.2) is 157 Å². The normalized spacial score (nSPS) is 16.4. The van der Waals surface area contributed by atoms with Crippen molar-refractivity contribution in [2.45, 2.75) is 12.3 Å². The average molecular weight is 708 g/mol. The maximum atomic E-state index is 5.40. The van der Waals surface area contributed by atoms with Crippen LogP contribution in [0.1, 0.15) is 29.0 Å². The monoisotopic (exact) mass is 707 g/mol. The highest BCUT2D eigenvalue weighted by atomic mass is 32.1. The molecule has 0 spiro atoms. The third kappa shape index (κ3) is 4.61. The van der Waals surface area contributed by atoms with Crippen molar-refractivity contribution in [2.24, 2.45) is 4.99 Å². The predicted molar refractivity (Wildman–Crippen MR) is 222 cm³/mol. The first-order valence-corrected chi connectivity index (χ1v) is 19.6. The molecule has 0 aliphatic carbocycles. The fourth-order valence-corrected chi connectivity index (χ4v) is 11.6. The van der Waals surface area contributed by atoms with Crippen molar-refractivity contribution in [3.05, 3.63) is 168 Å². The smallest absolute Gasteiger partial charge is 0.133 e. The van der Waals surface area contributed by atoms with Crippen LogP contribution >= 0.6 is 34.0 Å². The first kappa shape index (κ1) is 29.4. The van der Waals surface area contributed by atoms with E-state index >= 15 is 0 Å². The molecule has 7 aromatic carbocycles. The van der Waals surface area contributed by atoms with Gasteiger partial charge in [-0.3, -0.25) is 5.32 Å². The highest BCUT2D eigenvalue weighted by Crippen LogP contribution is 2.46. The van der Waals surface area contributed by atoms with Gasteiger partial charge in [0.05, 0.1) is 0 Å². The topological polar surface area (TPSA) is 36.4 Å². The van der Waals surface area contributed by atoms with Gasteiger partial charge in [0.1, 0.15) is 18.2 Å². The molecule has 242 valence electrons. The van der Waals surface area contributed by atoms with E-state index in [2.05, 4.69) is 162 Å². The number of hydrogen-bond donors (Lipinski definition) is 2. The van der Waals surface area contributed by atoms with Crippen LogP contribution in [0.25, 0.3) is 71.6 Å². The van der Waals surface area contributed by atoms with Gasteiger partial charge in [-0.15, -0.1) is 34.0 Å². The average Bonchev–Trinajstić information content (AvgIpc) is 3.89. The molecule has 0 saturated carbocycles. The molecule has 2 unspecified atom stereocenters. The Morgan fingerprint density at radius 3 is 1.75 bits per heavy atom. The molecule has 10 aromatic rings. The van der Waals surface area contributed by atoms with Crippen LogP contribution in [0.4, 0.5) is 0 Å². The Balaban J connectivity index is 1.10. The minimum atomic E-state index is -0.210. The van der Waals surface area contributed by atoms with Crippen LogP contribution in [0.5, 0.6) is 0 Å². The highest BCUT2D eigenvalue weighted by molar-refractivity contribution is 7.27. The van der Waals surface area contributed by atoms with E-state index in [1.807, 2.05) is 34.0 Å². The molecule has 0 bridgehead atoms. The van der Waals surface area contributed by atoms with Crippen molar-refractivity contribution < 1.29 is 0 Å². The molecular weight excluding hydrogens is 679 g/mol. The molecule has 4 heterocycles. The molecule has 2 atom stereocenters. The number of hydrogen-bond acceptors (Lipinski definition) is 6. The summed E-state index contributed by atoms with van der Waals surface area (Å²) in [5, 5.41) is 15.6. The van der Waals surface area contributed by atoms with E-state index in [9.17, 15) is 0 Å². The molecule has 0 fully saturated rings. The molecule has 1 aliphatic rings. The summed E-state index contributed by atoms with van der Waals surface area (Å²) in [6, 6.07) is 55.1. The van der Waals surface area contributed by atoms with Gasteiger partial charge >= 0.3 is 0 Å². The van der Waals surface area contributed by atoms with Crippen molar-refractivity contribution >= 4 is 100 Å². The molecule has 0 saturated heterocycles. The summed E-state index contributed by atoms with van der Waals surface area (Å²) in [5.41, 5.74) is 6.10. The number of nitrogens with one attached hydrogen (secondary N) is 2. The Morgan fingerprint density at radius 1 is 0.431 bits per heavy atom. The quantitative estimate of drug-likeness (QED) is 0.191. The second-order valence-corrected chi connectivity index (χ2v) is 16.3. The molecule has 51 heavy (non-hydrogen) atoms. The second-order valence-electron chi connectivity index (χ2n) is 13.1. The van der Waals surface area contributed by atoms with E-state index < -0.39 is 0 Å². The Morgan fingerprint density at radius 2 is 0.980 bits per heavy atom. The second kappa shape index (κ2) is 11.6. The van der Waals surface area contributed by atoms with E-state index in [0.29, 0.717) is 0 Å². The molecule has 0 amide bonds. The number of fused-ring (bicyclic) bond motifs is 9. The summed E-state index contributed by atoms with van der Waals surface area (Å²) >= 11 is 5.63. The molecule has 11 rings (SSSR count). The first-order valence-electron chi connectivity index (χ1n) is 17.2. The Kier molecular flexibility index (Phi) is 6.67. The summed E-state index contributed by atoms with van der Waals surface area (Å²) in [6.45, 7) is 0. The van der Waals surface area contributed by atoms with Gasteiger partial charge < -0.3 is 5.32 Å². The number of amidine groups is 1. The Labute approximate surface area is 306 Å². The van der Waals surface area contributed by atoms with Crippen LogP contribution in [0, 0.1) is 0 Å². The minimum absolute atomic E-state index is 0.143. The highest BCUT2D eigenvalue weighted by Gasteiger charge is 2.29. The van der Waals surface area contributed by atoms with Gasteiger partial charge in [0, 0.05) is 77.2 Å². The van der Waals surface area contributed by atoms with Crippen LogP contribution in [0.3, 0.4) is 0 Å². The standard InChI is InChI=1S/C45H29N3S3/c1-2-12-26(13-3-1)43-46-44(34-21-11-25-38-39(34)33-15-5-7-24-37(33)49-38)48-45(47-43)35-22-10-20-32-31-19-9-18-30(41(31)51-42(32)35)29-17-8-16-28-27-14-4-6-23-36(27)50-40(28)29/h1-25,43-44,46H,(H,47,48). The lowest BCUT2D eigenvalue weighted by Gasteiger charge is -2.32. The fourth-order valence-electron chi connectivity index (χ4n) is 7.88. The molecular formula is C45H29N3S3.